The zero-order valence-electron chi connectivity index (χ0n) is 10.4. The van der Waals surface area contributed by atoms with Gasteiger partial charge in [-0.2, -0.15) is 0 Å². The van der Waals surface area contributed by atoms with Gasteiger partial charge in [0.25, 0.3) is 0 Å². The van der Waals surface area contributed by atoms with E-state index in [2.05, 4.69) is 5.32 Å². The molecule has 0 aliphatic carbocycles. The summed E-state index contributed by atoms with van der Waals surface area (Å²) in [6, 6.07) is -0.694. The number of rotatable bonds is 9. The molecule has 0 rings (SSSR count). The third-order valence-electron chi connectivity index (χ3n) is 2.09. The van der Waals surface area contributed by atoms with Gasteiger partial charge in [0.05, 0.1) is 0 Å². The van der Waals surface area contributed by atoms with Crippen LogP contribution >= 0.6 is 0 Å². The normalized spacial score (nSPS) is 9.68. The molecule has 0 saturated carbocycles. The van der Waals surface area contributed by atoms with Crippen LogP contribution in [0, 0.1) is 0 Å². The second kappa shape index (κ2) is 8.72. The fourth-order valence-electron chi connectivity index (χ4n) is 1.28. The standard InChI is InChI=1S/C10H18N4O5/c11-7(15)3-1-2-4-13-10(19)14(5-8(12)16)6-9(17)18/h1-6H2,(H2,11,15)(H2,12,16)(H,13,19)(H,17,18). The third-order valence-corrected chi connectivity index (χ3v) is 2.09. The summed E-state index contributed by atoms with van der Waals surface area (Å²) in [6.45, 7) is -0.837. The van der Waals surface area contributed by atoms with E-state index in [1.807, 2.05) is 0 Å². The number of carboxylic acids is 1. The van der Waals surface area contributed by atoms with Gasteiger partial charge < -0.3 is 26.8 Å². The quantitative estimate of drug-likeness (QED) is 0.366. The molecule has 0 bridgehead atoms. The molecule has 6 N–H and O–H groups in total. The minimum Gasteiger partial charge on any atom is -0.480 e. The highest BCUT2D eigenvalue weighted by molar-refractivity contribution is 5.85. The van der Waals surface area contributed by atoms with Crippen molar-refractivity contribution < 1.29 is 24.3 Å². The molecule has 0 heterocycles. The number of unbranched alkanes of at least 4 members (excludes halogenated alkanes) is 1. The zero-order valence-corrected chi connectivity index (χ0v) is 10.4. The van der Waals surface area contributed by atoms with Gasteiger partial charge in [0.2, 0.25) is 11.8 Å². The van der Waals surface area contributed by atoms with Crippen molar-refractivity contribution >= 4 is 23.8 Å². The van der Waals surface area contributed by atoms with E-state index >= 15 is 0 Å². The van der Waals surface area contributed by atoms with Crippen LogP contribution in [0.25, 0.3) is 0 Å². The number of hydrogen-bond acceptors (Lipinski definition) is 4. The predicted molar refractivity (Wildman–Crippen MR) is 64.8 cm³/mol. The van der Waals surface area contributed by atoms with E-state index < -0.39 is 36.9 Å². The summed E-state index contributed by atoms with van der Waals surface area (Å²) in [5.74, 6) is -2.47. The van der Waals surface area contributed by atoms with Crippen molar-refractivity contribution in [2.45, 2.75) is 19.3 Å². The predicted octanol–water partition coefficient (Wildman–Crippen LogP) is -1.78. The van der Waals surface area contributed by atoms with Crippen LogP contribution in [0.1, 0.15) is 19.3 Å². The number of carbonyl (C=O) groups is 4. The van der Waals surface area contributed by atoms with Gasteiger partial charge in [-0.3, -0.25) is 14.4 Å². The van der Waals surface area contributed by atoms with Crippen LogP contribution < -0.4 is 16.8 Å². The number of nitrogens with one attached hydrogen (secondary N) is 1. The van der Waals surface area contributed by atoms with Gasteiger partial charge >= 0.3 is 12.0 Å². The van der Waals surface area contributed by atoms with Crippen molar-refractivity contribution in [2.24, 2.45) is 11.5 Å². The number of amides is 4. The molecule has 0 aliphatic rings. The van der Waals surface area contributed by atoms with E-state index in [1.165, 1.54) is 0 Å². The molecule has 0 fully saturated rings. The molecule has 9 heteroatoms. The molecular weight excluding hydrogens is 256 g/mol. The second-order valence-corrected chi connectivity index (χ2v) is 3.87. The monoisotopic (exact) mass is 274 g/mol. The Labute approximate surface area is 109 Å². The van der Waals surface area contributed by atoms with Gasteiger partial charge in [-0.25, -0.2) is 4.79 Å². The van der Waals surface area contributed by atoms with Crippen molar-refractivity contribution in [3.05, 3.63) is 0 Å². The minimum atomic E-state index is -1.25. The first-order valence-corrected chi connectivity index (χ1v) is 5.64. The fourth-order valence-corrected chi connectivity index (χ4v) is 1.28. The summed E-state index contributed by atoms with van der Waals surface area (Å²) in [4.78, 5) is 44.0. The molecule has 0 atom stereocenters. The molecule has 0 radical (unpaired) electrons. The van der Waals surface area contributed by atoms with Crippen molar-refractivity contribution in [3.8, 4) is 0 Å². The highest BCUT2D eigenvalue weighted by atomic mass is 16.4. The number of urea groups is 1. The lowest BCUT2D eigenvalue weighted by molar-refractivity contribution is -0.137. The zero-order chi connectivity index (χ0) is 14.8. The summed E-state index contributed by atoms with van der Waals surface area (Å²) in [5.41, 5.74) is 9.85. The SMILES string of the molecule is NC(=O)CCCCNC(=O)N(CC(N)=O)CC(=O)O. The Hall–Kier alpha value is -2.32. The summed E-state index contributed by atoms with van der Waals surface area (Å²) in [5, 5.41) is 11.0. The van der Waals surface area contributed by atoms with E-state index in [-0.39, 0.29) is 13.0 Å². The summed E-state index contributed by atoms with van der Waals surface area (Å²) in [7, 11) is 0. The topological polar surface area (TPSA) is 156 Å². The smallest absolute Gasteiger partial charge is 0.323 e. The molecule has 0 aromatic carbocycles. The second-order valence-electron chi connectivity index (χ2n) is 3.87. The van der Waals surface area contributed by atoms with Crippen LogP contribution in [0.2, 0.25) is 0 Å². The highest BCUT2D eigenvalue weighted by Gasteiger charge is 2.18. The molecule has 0 aromatic rings. The third kappa shape index (κ3) is 9.39. The summed E-state index contributed by atoms with van der Waals surface area (Å²) in [6.07, 6.45) is 1.26. The molecule has 0 spiro atoms. The number of nitrogens with zero attached hydrogens (tertiary/aromatic N) is 1. The molecule has 0 unspecified atom stereocenters. The van der Waals surface area contributed by atoms with Crippen LogP contribution in [-0.4, -0.2) is 53.5 Å². The Morgan fingerprint density at radius 3 is 2.11 bits per heavy atom. The van der Waals surface area contributed by atoms with Crippen molar-refractivity contribution in [1.29, 1.82) is 0 Å². The molecule has 19 heavy (non-hydrogen) atoms. The van der Waals surface area contributed by atoms with Gasteiger partial charge in [-0.05, 0) is 12.8 Å². The van der Waals surface area contributed by atoms with Crippen LogP contribution in [0.5, 0.6) is 0 Å². The van der Waals surface area contributed by atoms with Crippen LogP contribution in [0.4, 0.5) is 4.79 Å². The molecule has 108 valence electrons. The first kappa shape index (κ1) is 16.7. The van der Waals surface area contributed by atoms with E-state index in [0.29, 0.717) is 12.8 Å². The van der Waals surface area contributed by atoms with Crippen LogP contribution in [-0.2, 0) is 14.4 Å². The number of primary amides is 2. The summed E-state index contributed by atoms with van der Waals surface area (Å²) < 4.78 is 0. The number of hydrogen-bond donors (Lipinski definition) is 4. The van der Waals surface area contributed by atoms with Gasteiger partial charge in [0.15, 0.2) is 0 Å². The molecular formula is C10H18N4O5. The van der Waals surface area contributed by atoms with Gasteiger partial charge in [-0.1, -0.05) is 0 Å². The molecule has 0 aromatic heterocycles. The molecule has 0 aliphatic heterocycles. The average Bonchev–Trinajstić information content (AvgIpc) is 2.25. The van der Waals surface area contributed by atoms with Crippen molar-refractivity contribution in [2.75, 3.05) is 19.6 Å². The maximum absolute atomic E-state index is 11.6. The number of carboxylic acid groups (broad SMARTS) is 1. The Morgan fingerprint density at radius 1 is 1.00 bits per heavy atom. The number of carbonyl (C=O) groups excluding carboxylic acids is 3. The fraction of sp³-hybridized carbons (Fsp3) is 0.600. The van der Waals surface area contributed by atoms with E-state index in [0.717, 1.165) is 4.90 Å². The van der Waals surface area contributed by atoms with Gasteiger partial charge in [-0.15, -0.1) is 0 Å². The van der Waals surface area contributed by atoms with Crippen LogP contribution in [0.3, 0.4) is 0 Å². The minimum absolute atomic E-state index is 0.218. The Balaban J connectivity index is 4.06. The molecule has 4 amide bonds. The Bertz CT molecular complexity index is 342. The maximum atomic E-state index is 11.6. The van der Waals surface area contributed by atoms with E-state index in [4.69, 9.17) is 16.6 Å². The van der Waals surface area contributed by atoms with E-state index in [1.54, 1.807) is 0 Å². The van der Waals surface area contributed by atoms with Crippen molar-refractivity contribution in [3.63, 3.8) is 0 Å². The number of aliphatic carboxylic acids is 1. The largest absolute Gasteiger partial charge is 0.480 e. The van der Waals surface area contributed by atoms with Gasteiger partial charge in [0, 0.05) is 13.0 Å². The lowest BCUT2D eigenvalue weighted by Gasteiger charge is -2.19. The van der Waals surface area contributed by atoms with Crippen molar-refractivity contribution in [1.82, 2.24) is 10.2 Å². The molecule has 9 nitrogen and oxygen atoms in total. The highest BCUT2D eigenvalue weighted by Crippen LogP contribution is 1.94. The number of nitrogens with two attached hydrogens (primary N) is 2. The summed E-state index contributed by atoms with van der Waals surface area (Å²) >= 11 is 0. The lowest BCUT2D eigenvalue weighted by Crippen LogP contribution is -2.46. The molecule has 0 saturated heterocycles. The first-order chi connectivity index (χ1) is 8.82. The first-order valence-electron chi connectivity index (χ1n) is 5.64. The van der Waals surface area contributed by atoms with Gasteiger partial charge in [0.1, 0.15) is 13.1 Å². The Kier molecular flexibility index (Phi) is 7.66. The lowest BCUT2D eigenvalue weighted by atomic mass is 10.2. The van der Waals surface area contributed by atoms with Crippen LogP contribution in [0.15, 0.2) is 0 Å². The average molecular weight is 274 g/mol. The maximum Gasteiger partial charge on any atom is 0.323 e. The van der Waals surface area contributed by atoms with E-state index in [9.17, 15) is 19.2 Å². The Morgan fingerprint density at radius 2 is 1.63 bits per heavy atom.